The highest BCUT2D eigenvalue weighted by molar-refractivity contribution is 8.00. The molecule has 0 aliphatic carbocycles. The van der Waals surface area contributed by atoms with E-state index in [0.717, 1.165) is 11.1 Å². The number of hydrogen-bond acceptors (Lipinski definition) is 6. The van der Waals surface area contributed by atoms with Gasteiger partial charge in [0.1, 0.15) is 6.07 Å². The molecular formula is C19H17ClN6OS. The average molecular weight is 413 g/mol. The van der Waals surface area contributed by atoms with Crippen LogP contribution in [0, 0.1) is 18.3 Å². The van der Waals surface area contributed by atoms with Crippen LogP contribution in [-0.2, 0) is 4.79 Å². The quantitative estimate of drug-likeness (QED) is 0.489. The van der Waals surface area contributed by atoms with Gasteiger partial charge in [0.25, 0.3) is 0 Å². The Morgan fingerprint density at radius 2 is 2.00 bits per heavy atom. The van der Waals surface area contributed by atoms with Gasteiger partial charge in [0.05, 0.1) is 15.8 Å². The number of carbonyl (C=O) groups is 1. The first-order valence-electron chi connectivity index (χ1n) is 8.33. The topological polar surface area (TPSA) is 110 Å². The van der Waals surface area contributed by atoms with E-state index in [-0.39, 0.29) is 10.9 Å². The zero-order chi connectivity index (χ0) is 20.3. The number of thioether (sulfide) groups is 1. The molecule has 7 nitrogen and oxygen atoms in total. The standard InChI is InChI=1S/C19H17ClN6OS/c1-11-3-5-13(6-4-11)17-24-25-19(26(17)22)28-12(2)18(27)23-15-8-7-14(10-21)16(20)9-15/h3-9,12H,22H2,1-2H3,(H,23,27)/t12-/m0/s1. The highest BCUT2D eigenvalue weighted by Gasteiger charge is 2.20. The maximum Gasteiger partial charge on any atom is 0.237 e. The molecule has 142 valence electrons. The third-order valence-corrected chi connectivity index (χ3v) is 5.35. The van der Waals surface area contributed by atoms with E-state index in [1.165, 1.54) is 22.5 Å². The molecule has 0 saturated heterocycles. The van der Waals surface area contributed by atoms with E-state index in [1.807, 2.05) is 37.3 Å². The van der Waals surface area contributed by atoms with Crippen molar-refractivity contribution in [1.82, 2.24) is 14.9 Å². The molecule has 0 aliphatic heterocycles. The molecule has 0 radical (unpaired) electrons. The lowest BCUT2D eigenvalue weighted by atomic mass is 10.1. The molecule has 0 bridgehead atoms. The van der Waals surface area contributed by atoms with E-state index < -0.39 is 5.25 Å². The van der Waals surface area contributed by atoms with Gasteiger partial charge >= 0.3 is 0 Å². The van der Waals surface area contributed by atoms with Gasteiger partial charge < -0.3 is 11.2 Å². The number of aromatic nitrogens is 3. The minimum atomic E-state index is -0.480. The molecule has 3 N–H and O–H groups in total. The number of carbonyl (C=O) groups excluding carboxylic acids is 1. The molecule has 0 saturated carbocycles. The fourth-order valence-corrected chi connectivity index (χ4v) is 3.39. The Balaban J connectivity index is 1.70. The Bertz CT molecular complexity index is 1060. The number of aryl methyl sites for hydroxylation is 1. The number of hydrogen-bond donors (Lipinski definition) is 2. The third kappa shape index (κ3) is 4.27. The normalized spacial score (nSPS) is 11.6. The lowest BCUT2D eigenvalue weighted by Gasteiger charge is -2.12. The highest BCUT2D eigenvalue weighted by Crippen LogP contribution is 2.26. The fourth-order valence-electron chi connectivity index (χ4n) is 2.40. The number of benzene rings is 2. The van der Waals surface area contributed by atoms with Crippen LogP contribution in [0.15, 0.2) is 47.6 Å². The van der Waals surface area contributed by atoms with Crippen LogP contribution in [0.4, 0.5) is 5.69 Å². The SMILES string of the molecule is Cc1ccc(-c2nnc(S[C@@H](C)C(=O)Nc3ccc(C#N)c(Cl)c3)n2N)cc1. The number of rotatable bonds is 5. The van der Waals surface area contributed by atoms with Crippen LogP contribution >= 0.6 is 23.4 Å². The molecule has 3 rings (SSSR count). The maximum atomic E-state index is 12.5. The number of anilines is 1. The second-order valence-electron chi connectivity index (χ2n) is 6.10. The van der Waals surface area contributed by atoms with Crippen molar-refractivity contribution >= 4 is 35.0 Å². The molecule has 1 atom stereocenters. The zero-order valence-electron chi connectivity index (χ0n) is 15.2. The first-order valence-corrected chi connectivity index (χ1v) is 9.59. The van der Waals surface area contributed by atoms with Crippen molar-refractivity contribution in [3.63, 3.8) is 0 Å². The van der Waals surface area contributed by atoms with Crippen LogP contribution in [0.5, 0.6) is 0 Å². The van der Waals surface area contributed by atoms with Crippen molar-refractivity contribution in [3.8, 4) is 17.5 Å². The number of amides is 1. The van der Waals surface area contributed by atoms with Gasteiger partial charge in [0, 0.05) is 11.3 Å². The number of halogens is 1. The van der Waals surface area contributed by atoms with Crippen molar-refractivity contribution in [2.75, 3.05) is 11.2 Å². The average Bonchev–Trinajstić information content (AvgIpc) is 3.03. The molecule has 0 aliphatic rings. The summed E-state index contributed by atoms with van der Waals surface area (Å²) in [6.07, 6.45) is 0. The Labute approximate surface area is 171 Å². The summed E-state index contributed by atoms with van der Waals surface area (Å²) >= 11 is 7.19. The van der Waals surface area contributed by atoms with Gasteiger partial charge in [-0.2, -0.15) is 5.26 Å². The lowest BCUT2D eigenvalue weighted by Crippen LogP contribution is -2.23. The van der Waals surface area contributed by atoms with Gasteiger partial charge in [0.15, 0.2) is 5.82 Å². The summed E-state index contributed by atoms with van der Waals surface area (Å²) in [5.74, 6) is 6.39. The summed E-state index contributed by atoms with van der Waals surface area (Å²) in [4.78, 5) is 12.5. The lowest BCUT2D eigenvalue weighted by molar-refractivity contribution is -0.115. The first kappa shape index (κ1) is 19.7. The van der Waals surface area contributed by atoms with Gasteiger partial charge in [-0.05, 0) is 32.0 Å². The van der Waals surface area contributed by atoms with E-state index in [1.54, 1.807) is 19.1 Å². The number of nitrogens with two attached hydrogens (primary N) is 1. The van der Waals surface area contributed by atoms with Crippen LogP contribution in [0.2, 0.25) is 5.02 Å². The molecule has 28 heavy (non-hydrogen) atoms. The first-order chi connectivity index (χ1) is 13.4. The van der Waals surface area contributed by atoms with Crippen molar-refractivity contribution in [2.45, 2.75) is 24.3 Å². The second-order valence-corrected chi connectivity index (χ2v) is 7.81. The van der Waals surface area contributed by atoms with Crippen LogP contribution in [0.25, 0.3) is 11.4 Å². The Morgan fingerprint density at radius 1 is 1.29 bits per heavy atom. The molecule has 0 spiro atoms. The van der Waals surface area contributed by atoms with Gasteiger partial charge in [0.2, 0.25) is 11.1 Å². The summed E-state index contributed by atoms with van der Waals surface area (Å²) in [6.45, 7) is 3.74. The summed E-state index contributed by atoms with van der Waals surface area (Å²) in [5.41, 5.74) is 2.84. The summed E-state index contributed by atoms with van der Waals surface area (Å²) < 4.78 is 1.37. The van der Waals surface area contributed by atoms with E-state index in [0.29, 0.717) is 22.2 Å². The van der Waals surface area contributed by atoms with E-state index in [9.17, 15) is 4.79 Å². The van der Waals surface area contributed by atoms with Crippen LogP contribution in [-0.4, -0.2) is 26.0 Å². The van der Waals surface area contributed by atoms with Gasteiger partial charge in [-0.3, -0.25) is 4.79 Å². The Morgan fingerprint density at radius 3 is 2.64 bits per heavy atom. The van der Waals surface area contributed by atoms with E-state index >= 15 is 0 Å². The van der Waals surface area contributed by atoms with Crippen molar-refractivity contribution < 1.29 is 4.79 Å². The van der Waals surface area contributed by atoms with Gasteiger partial charge in [-0.1, -0.05) is 53.2 Å². The predicted molar refractivity (Wildman–Crippen MR) is 110 cm³/mol. The summed E-state index contributed by atoms with van der Waals surface area (Å²) in [6, 6.07) is 14.5. The minimum Gasteiger partial charge on any atom is -0.335 e. The summed E-state index contributed by atoms with van der Waals surface area (Å²) in [5, 5.41) is 20.1. The Hall–Kier alpha value is -3.02. The van der Waals surface area contributed by atoms with Crippen molar-refractivity contribution in [1.29, 1.82) is 5.26 Å². The predicted octanol–water partition coefficient (Wildman–Crippen LogP) is 3.61. The number of nitrogens with zero attached hydrogens (tertiary/aromatic N) is 4. The molecule has 1 aromatic heterocycles. The molecule has 1 heterocycles. The molecule has 0 unspecified atom stereocenters. The fraction of sp³-hybridized carbons (Fsp3) is 0.158. The van der Waals surface area contributed by atoms with Gasteiger partial charge in [-0.25, -0.2) is 4.68 Å². The third-order valence-electron chi connectivity index (χ3n) is 3.98. The Kier molecular flexibility index (Phi) is 5.87. The van der Waals surface area contributed by atoms with Crippen LogP contribution < -0.4 is 11.2 Å². The molecule has 0 fully saturated rings. The molecular weight excluding hydrogens is 396 g/mol. The van der Waals surface area contributed by atoms with Crippen molar-refractivity contribution in [2.24, 2.45) is 0 Å². The van der Waals surface area contributed by atoms with Gasteiger partial charge in [-0.15, -0.1) is 10.2 Å². The molecule has 9 heteroatoms. The maximum absolute atomic E-state index is 12.5. The number of nitriles is 1. The zero-order valence-corrected chi connectivity index (χ0v) is 16.8. The number of nitrogen functional groups attached to an aromatic ring is 1. The number of nitrogens with one attached hydrogen (secondary N) is 1. The minimum absolute atomic E-state index is 0.245. The van der Waals surface area contributed by atoms with E-state index in [2.05, 4.69) is 15.5 Å². The van der Waals surface area contributed by atoms with E-state index in [4.69, 9.17) is 22.7 Å². The van der Waals surface area contributed by atoms with Crippen LogP contribution in [0.1, 0.15) is 18.1 Å². The highest BCUT2D eigenvalue weighted by atomic mass is 35.5. The monoisotopic (exact) mass is 412 g/mol. The molecule has 2 aromatic carbocycles. The second kappa shape index (κ2) is 8.33. The smallest absolute Gasteiger partial charge is 0.237 e. The molecule has 1 amide bonds. The van der Waals surface area contributed by atoms with Crippen molar-refractivity contribution in [3.05, 3.63) is 58.6 Å². The summed E-state index contributed by atoms with van der Waals surface area (Å²) in [7, 11) is 0. The van der Waals surface area contributed by atoms with Crippen LogP contribution in [0.3, 0.4) is 0 Å². The largest absolute Gasteiger partial charge is 0.335 e. The molecule has 3 aromatic rings.